The van der Waals surface area contributed by atoms with E-state index in [1.54, 1.807) is 0 Å². The fraction of sp³-hybridized carbons (Fsp3) is 0.304. The second kappa shape index (κ2) is 9.11. The van der Waals surface area contributed by atoms with Gasteiger partial charge in [-0.1, -0.05) is 0 Å². The van der Waals surface area contributed by atoms with Crippen molar-refractivity contribution in [3.8, 4) is 45.8 Å². The predicted molar refractivity (Wildman–Crippen MR) is 119 cm³/mol. The van der Waals surface area contributed by atoms with Crippen molar-refractivity contribution in [2.75, 3.05) is 0 Å². The maximum atomic E-state index is 13.4. The lowest BCUT2D eigenvalue weighted by atomic mass is 9.99. The van der Waals surface area contributed by atoms with Gasteiger partial charge in [-0.2, -0.15) is 0 Å². The Hall–Kier alpha value is -4.20. The minimum atomic E-state index is -1.68. The van der Waals surface area contributed by atoms with Crippen molar-refractivity contribution in [1.82, 2.24) is 0 Å². The Morgan fingerprint density at radius 3 is 2.19 bits per heavy atom. The summed E-state index contributed by atoms with van der Waals surface area (Å²) in [7, 11) is 0. The van der Waals surface area contributed by atoms with Crippen LogP contribution < -0.4 is 10.2 Å². The van der Waals surface area contributed by atoms with Crippen molar-refractivity contribution >= 4 is 16.9 Å². The van der Waals surface area contributed by atoms with Crippen molar-refractivity contribution in [3.05, 3.63) is 34.5 Å². The zero-order valence-corrected chi connectivity index (χ0v) is 18.8. The maximum absolute atomic E-state index is 13.4. The van der Waals surface area contributed by atoms with Gasteiger partial charge in [-0.15, -0.1) is 0 Å². The van der Waals surface area contributed by atoms with Gasteiger partial charge in [0.2, 0.25) is 17.5 Å². The van der Waals surface area contributed by atoms with Crippen molar-refractivity contribution in [3.63, 3.8) is 0 Å². The molecule has 3 aromatic rings. The Morgan fingerprint density at radius 1 is 0.944 bits per heavy atom. The van der Waals surface area contributed by atoms with E-state index in [-0.39, 0.29) is 11.1 Å². The number of phenols is 5. The lowest BCUT2D eigenvalue weighted by Crippen LogP contribution is -2.59. The van der Waals surface area contributed by atoms with E-state index in [1.165, 1.54) is 6.92 Å². The van der Waals surface area contributed by atoms with Gasteiger partial charge in [0.15, 0.2) is 29.1 Å². The molecule has 4 rings (SSSR count). The topological polar surface area (TPSA) is 217 Å². The number of ether oxygens (including phenoxy) is 3. The quantitative estimate of drug-likeness (QED) is 0.192. The molecule has 13 nitrogen and oxygen atoms in total. The van der Waals surface area contributed by atoms with Gasteiger partial charge in [0.25, 0.3) is 0 Å². The second-order valence-corrected chi connectivity index (χ2v) is 8.17. The van der Waals surface area contributed by atoms with Gasteiger partial charge < -0.3 is 54.4 Å². The molecule has 2 heterocycles. The summed E-state index contributed by atoms with van der Waals surface area (Å²) in [6.45, 7) is 2.43. The Bertz CT molecular complexity index is 1370. The van der Waals surface area contributed by atoms with E-state index in [4.69, 9.17) is 18.6 Å². The van der Waals surface area contributed by atoms with Crippen LogP contribution in [0.1, 0.15) is 13.8 Å². The third kappa shape index (κ3) is 4.30. The number of hydrogen-bond donors (Lipinski definition) is 7. The molecule has 0 bridgehead atoms. The Kier molecular flexibility index (Phi) is 6.30. The van der Waals surface area contributed by atoms with Crippen molar-refractivity contribution in [2.24, 2.45) is 0 Å². The molecule has 1 aliphatic rings. The van der Waals surface area contributed by atoms with Crippen LogP contribution in [0.2, 0.25) is 0 Å². The van der Waals surface area contributed by atoms with Gasteiger partial charge in [-0.3, -0.25) is 9.59 Å². The van der Waals surface area contributed by atoms with Gasteiger partial charge in [-0.05, 0) is 19.1 Å². The van der Waals surface area contributed by atoms with Gasteiger partial charge >= 0.3 is 5.97 Å². The van der Waals surface area contributed by atoms with E-state index in [0.717, 1.165) is 31.2 Å². The average molecular weight is 506 g/mol. The number of fused-ring (bicyclic) bond motifs is 1. The molecule has 36 heavy (non-hydrogen) atoms. The van der Waals surface area contributed by atoms with E-state index in [2.05, 4.69) is 0 Å². The molecule has 1 aliphatic heterocycles. The van der Waals surface area contributed by atoms with Crippen molar-refractivity contribution in [1.29, 1.82) is 0 Å². The molecule has 0 radical (unpaired) electrons. The monoisotopic (exact) mass is 506 g/mol. The minimum Gasteiger partial charge on any atom is -0.508 e. The summed E-state index contributed by atoms with van der Waals surface area (Å²) < 4.78 is 22.0. The Balaban J connectivity index is 1.95. The normalized spacial score (nSPS) is 23.9. The number of carbonyl (C=O) groups excluding carboxylic acids is 1. The molecule has 0 saturated carbocycles. The molecule has 0 aliphatic carbocycles. The lowest BCUT2D eigenvalue weighted by molar-refractivity contribution is -0.273. The highest BCUT2D eigenvalue weighted by atomic mass is 16.7. The molecule has 1 fully saturated rings. The maximum Gasteiger partial charge on any atom is 0.303 e. The van der Waals surface area contributed by atoms with Crippen molar-refractivity contribution in [2.45, 2.75) is 44.6 Å². The number of carbonyl (C=O) groups is 1. The molecular weight excluding hydrogens is 484 g/mol. The SMILES string of the molecule is CC(=O)OC1C(Oc2c(-c3cc(O)c(O)c(O)c3)oc3cc(O)cc(O)c3c2=O)OC(C)C(O)C1O. The molecule has 2 aromatic carbocycles. The van der Waals surface area contributed by atoms with Crippen LogP contribution in [0.3, 0.4) is 0 Å². The first-order chi connectivity index (χ1) is 16.9. The number of esters is 1. The first-order valence-electron chi connectivity index (χ1n) is 10.5. The molecule has 192 valence electrons. The predicted octanol–water partition coefficient (Wildman–Crippen LogP) is 0.765. The van der Waals surface area contributed by atoms with Crippen LogP contribution in [0.5, 0.6) is 34.5 Å². The van der Waals surface area contributed by atoms with E-state index < -0.39 is 87.7 Å². The minimum absolute atomic E-state index is 0.187. The summed E-state index contributed by atoms with van der Waals surface area (Å²) in [5.74, 6) is -5.52. The molecule has 13 heteroatoms. The second-order valence-electron chi connectivity index (χ2n) is 8.17. The summed E-state index contributed by atoms with van der Waals surface area (Å²) >= 11 is 0. The number of aliphatic hydroxyl groups is 2. The molecular formula is C23H22O13. The summed E-state index contributed by atoms with van der Waals surface area (Å²) in [6, 6.07) is 3.76. The highest BCUT2D eigenvalue weighted by molar-refractivity contribution is 5.88. The standard InChI is InChI=1S/C23H22O13/c1-7-16(29)19(32)22(34-8(2)24)23(33-7)36-21-18(31)15-11(26)5-10(25)6-14(15)35-20(21)9-3-12(27)17(30)13(28)4-9/h3-7,16,19,22-23,25-30,32H,1-2H3. The molecule has 5 unspecified atom stereocenters. The summed E-state index contributed by atoms with van der Waals surface area (Å²) in [4.78, 5) is 25.1. The van der Waals surface area contributed by atoms with Gasteiger partial charge in [0.05, 0.1) is 6.10 Å². The number of aliphatic hydroxyl groups excluding tert-OH is 2. The van der Waals surface area contributed by atoms with Gasteiger partial charge in [0, 0.05) is 24.6 Å². The van der Waals surface area contributed by atoms with Crippen LogP contribution in [0.15, 0.2) is 33.5 Å². The number of phenolic OH excluding ortho intramolecular Hbond substituents is 5. The highest BCUT2D eigenvalue weighted by Crippen LogP contribution is 2.43. The zero-order valence-electron chi connectivity index (χ0n) is 18.8. The van der Waals surface area contributed by atoms with Gasteiger partial charge in [0.1, 0.15) is 34.7 Å². The van der Waals surface area contributed by atoms with Gasteiger partial charge in [-0.25, -0.2) is 0 Å². The zero-order chi connectivity index (χ0) is 26.5. The van der Waals surface area contributed by atoms with Crippen LogP contribution >= 0.6 is 0 Å². The van der Waals surface area contributed by atoms with E-state index in [1.807, 2.05) is 0 Å². The van der Waals surface area contributed by atoms with E-state index >= 15 is 0 Å². The van der Waals surface area contributed by atoms with Crippen LogP contribution in [0.25, 0.3) is 22.3 Å². The fourth-order valence-electron chi connectivity index (χ4n) is 3.83. The van der Waals surface area contributed by atoms with E-state index in [9.17, 15) is 45.3 Å². The third-order valence-electron chi connectivity index (χ3n) is 5.57. The van der Waals surface area contributed by atoms with Crippen molar-refractivity contribution < 1.29 is 59.2 Å². The molecule has 0 spiro atoms. The third-order valence-corrected chi connectivity index (χ3v) is 5.57. The molecule has 1 aromatic heterocycles. The number of aromatic hydroxyl groups is 5. The smallest absolute Gasteiger partial charge is 0.303 e. The van der Waals surface area contributed by atoms with Crippen LogP contribution in [0.4, 0.5) is 0 Å². The van der Waals surface area contributed by atoms with Crippen LogP contribution in [-0.2, 0) is 14.3 Å². The first-order valence-corrected chi connectivity index (χ1v) is 10.5. The molecule has 5 atom stereocenters. The molecule has 7 N–H and O–H groups in total. The fourth-order valence-corrected chi connectivity index (χ4v) is 3.83. The largest absolute Gasteiger partial charge is 0.508 e. The van der Waals surface area contributed by atoms with Crippen LogP contribution in [0, 0.1) is 0 Å². The first kappa shape index (κ1) is 24.9. The molecule has 0 amide bonds. The summed E-state index contributed by atoms with van der Waals surface area (Å²) in [5, 5.41) is 69.9. The number of benzene rings is 2. The number of hydrogen-bond acceptors (Lipinski definition) is 13. The Morgan fingerprint density at radius 2 is 1.58 bits per heavy atom. The van der Waals surface area contributed by atoms with E-state index in [0.29, 0.717) is 0 Å². The summed E-state index contributed by atoms with van der Waals surface area (Å²) in [5.41, 5.74) is -1.50. The summed E-state index contributed by atoms with van der Waals surface area (Å²) in [6.07, 6.45) is -7.46. The van der Waals surface area contributed by atoms with Crippen LogP contribution in [-0.4, -0.2) is 72.4 Å². The lowest BCUT2D eigenvalue weighted by Gasteiger charge is -2.40. The average Bonchev–Trinajstić information content (AvgIpc) is 2.79. The highest BCUT2D eigenvalue weighted by Gasteiger charge is 2.47. The Labute approximate surface area is 201 Å². The molecule has 1 saturated heterocycles. The number of rotatable bonds is 4.